The molecule has 0 saturated carbocycles. The van der Waals surface area contributed by atoms with E-state index >= 15 is 0 Å². The van der Waals surface area contributed by atoms with Crippen molar-refractivity contribution in [2.45, 2.75) is 0 Å². The van der Waals surface area contributed by atoms with Crippen LogP contribution >= 0.6 is 22.9 Å². The third-order valence-electron chi connectivity index (χ3n) is 2.70. The molecule has 19 heavy (non-hydrogen) atoms. The van der Waals surface area contributed by atoms with Crippen LogP contribution in [0.2, 0.25) is 5.02 Å². The molecule has 1 aromatic carbocycles. The molecular formula is C13H10ClN3OS. The number of aromatic nitrogens is 2. The molecule has 2 heterocycles. The molecule has 1 N–H and O–H groups in total. The maximum Gasteiger partial charge on any atom is 0.268 e. The molecule has 0 fully saturated rings. The Kier molecular flexibility index (Phi) is 3.00. The lowest BCUT2D eigenvalue weighted by atomic mass is 10.2. The summed E-state index contributed by atoms with van der Waals surface area (Å²) >= 11 is 7.63. The zero-order valence-corrected chi connectivity index (χ0v) is 11.6. The van der Waals surface area contributed by atoms with Crippen LogP contribution in [0.5, 0.6) is 0 Å². The molecule has 3 rings (SSSR count). The van der Waals surface area contributed by atoms with E-state index in [0.717, 1.165) is 10.1 Å². The number of thiophene rings is 1. The SMILES string of the molecule is Cn1ccc(NC(=O)c2sc3ccccc3c2Cl)n1. The van der Waals surface area contributed by atoms with Gasteiger partial charge in [0.1, 0.15) is 4.88 Å². The Balaban J connectivity index is 1.95. The number of hydrogen-bond donors (Lipinski definition) is 1. The maximum atomic E-state index is 12.2. The summed E-state index contributed by atoms with van der Waals surface area (Å²) in [5.74, 6) is 0.283. The summed E-state index contributed by atoms with van der Waals surface area (Å²) in [7, 11) is 1.79. The molecule has 96 valence electrons. The molecule has 1 amide bonds. The quantitative estimate of drug-likeness (QED) is 0.785. The lowest BCUT2D eigenvalue weighted by molar-refractivity contribution is 0.103. The average Bonchev–Trinajstić information content (AvgIpc) is 2.94. The summed E-state index contributed by atoms with van der Waals surface area (Å²) < 4.78 is 2.63. The fourth-order valence-electron chi connectivity index (χ4n) is 1.81. The molecule has 0 atom stereocenters. The van der Waals surface area contributed by atoms with Gasteiger partial charge < -0.3 is 5.32 Å². The second-order valence-electron chi connectivity index (χ2n) is 4.07. The van der Waals surface area contributed by atoms with Gasteiger partial charge in [-0.25, -0.2) is 0 Å². The normalized spacial score (nSPS) is 10.8. The van der Waals surface area contributed by atoms with Gasteiger partial charge in [-0.1, -0.05) is 29.8 Å². The van der Waals surface area contributed by atoms with Crippen molar-refractivity contribution >= 4 is 44.7 Å². The number of nitrogens with one attached hydrogen (secondary N) is 1. The third kappa shape index (κ3) is 2.22. The monoisotopic (exact) mass is 291 g/mol. The van der Waals surface area contributed by atoms with E-state index in [0.29, 0.717) is 15.7 Å². The highest BCUT2D eigenvalue weighted by molar-refractivity contribution is 7.21. The number of carbonyl (C=O) groups excluding carboxylic acids is 1. The van der Waals surface area contributed by atoms with Gasteiger partial charge in [-0.15, -0.1) is 11.3 Å². The minimum absolute atomic E-state index is 0.232. The summed E-state index contributed by atoms with van der Waals surface area (Å²) in [5, 5.41) is 8.24. The van der Waals surface area contributed by atoms with Crippen molar-refractivity contribution in [3.63, 3.8) is 0 Å². The molecule has 0 aliphatic rings. The van der Waals surface area contributed by atoms with E-state index in [9.17, 15) is 4.79 Å². The lowest BCUT2D eigenvalue weighted by Gasteiger charge is -1.99. The Hall–Kier alpha value is -1.85. The number of carbonyl (C=O) groups is 1. The molecule has 0 unspecified atom stereocenters. The van der Waals surface area contributed by atoms with Crippen LogP contribution < -0.4 is 5.32 Å². The van der Waals surface area contributed by atoms with Gasteiger partial charge in [0.15, 0.2) is 5.82 Å². The van der Waals surface area contributed by atoms with Gasteiger partial charge >= 0.3 is 0 Å². The van der Waals surface area contributed by atoms with Crippen LogP contribution in [0, 0.1) is 0 Å². The Morgan fingerprint density at radius 2 is 2.16 bits per heavy atom. The summed E-state index contributed by atoms with van der Waals surface area (Å²) in [4.78, 5) is 12.7. The number of rotatable bonds is 2. The summed E-state index contributed by atoms with van der Waals surface area (Å²) in [6.45, 7) is 0. The first-order valence-corrected chi connectivity index (χ1v) is 6.82. The van der Waals surface area contributed by atoms with Crippen molar-refractivity contribution in [3.05, 3.63) is 46.4 Å². The predicted molar refractivity (Wildman–Crippen MR) is 78.0 cm³/mol. The second-order valence-corrected chi connectivity index (χ2v) is 5.50. The van der Waals surface area contributed by atoms with Crippen LogP contribution in [0.3, 0.4) is 0 Å². The minimum Gasteiger partial charge on any atom is -0.304 e. The van der Waals surface area contributed by atoms with Gasteiger partial charge in [-0.3, -0.25) is 9.48 Å². The first-order valence-electron chi connectivity index (χ1n) is 5.63. The molecule has 4 nitrogen and oxygen atoms in total. The summed E-state index contributed by atoms with van der Waals surface area (Å²) in [6.07, 6.45) is 1.77. The number of hydrogen-bond acceptors (Lipinski definition) is 3. The summed E-state index contributed by atoms with van der Waals surface area (Å²) in [6, 6.07) is 9.42. The van der Waals surface area contributed by atoms with E-state index < -0.39 is 0 Å². The van der Waals surface area contributed by atoms with Gasteiger partial charge in [0.25, 0.3) is 5.91 Å². The number of aryl methyl sites for hydroxylation is 1. The Morgan fingerprint density at radius 1 is 1.37 bits per heavy atom. The van der Waals surface area contributed by atoms with Crippen LogP contribution in [0.15, 0.2) is 36.5 Å². The maximum absolute atomic E-state index is 12.2. The molecular weight excluding hydrogens is 282 g/mol. The van der Waals surface area contributed by atoms with Gasteiger partial charge in [-0.05, 0) is 6.07 Å². The van der Waals surface area contributed by atoms with Crippen molar-refractivity contribution in [3.8, 4) is 0 Å². The lowest BCUT2D eigenvalue weighted by Crippen LogP contribution is -2.11. The zero-order valence-electron chi connectivity index (χ0n) is 10.1. The molecule has 0 aliphatic carbocycles. The highest BCUT2D eigenvalue weighted by Gasteiger charge is 2.17. The second kappa shape index (κ2) is 4.68. The number of benzene rings is 1. The first kappa shape index (κ1) is 12.2. The van der Waals surface area contributed by atoms with E-state index in [2.05, 4.69) is 10.4 Å². The van der Waals surface area contributed by atoms with Crippen LogP contribution in [-0.2, 0) is 7.05 Å². The molecule has 0 radical (unpaired) electrons. The number of nitrogens with zero attached hydrogens (tertiary/aromatic N) is 2. The number of fused-ring (bicyclic) bond motifs is 1. The summed E-state index contributed by atoms with van der Waals surface area (Å²) in [5.41, 5.74) is 0. The molecule has 0 saturated heterocycles. The number of anilines is 1. The molecule has 3 aromatic rings. The average molecular weight is 292 g/mol. The third-order valence-corrected chi connectivity index (χ3v) is 4.37. The molecule has 2 aromatic heterocycles. The highest BCUT2D eigenvalue weighted by atomic mass is 35.5. The van der Waals surface area contributed by atoms with Crippen molar-refractivity contribution < 1.29 is 4.79 Å². The van der Waals surface area contributed by atoms with Crippen LogP contribution in [0.1, 0.15) is 9.67 Å². The molecule has 6 heteroatoms. The van der Waals surface area contributed by atoms with Gasteiger partial charge in [-0.2, -0.15) is 5.10 Å². The fourth-order valence-corrected chi connectivity index (χ4v) is 3.23. The van der Waals surface area contributed by atoms with Crippen molar-refractivity contribution in [1.82, 2.24) is 9.78 Å². The first-order chi connectivity index (χ1) is 9.15. The molecule has 0 aliphatic heterocycles. The standard InChI is InChI=1S/C13H10ClN3OS/c1-17-7-6-10(16-17)15-13(18)12-11(14)8-4-2-3-5-9(8)19-12/h2-7H,1H3,(H,15,16,18). The van der Waals surface area contributed by atoms with Crippen molar-refractivity contribution in [2.75, 3.05) is 5.32 Å². The van der Waals surface area contributed by atoms with Gasteiger partial charge in [0.2, 0.25) is 0 Å². The Bertz CT molecular complexity index is 762. The van der Waals surface area contributed by atoms with Crippen LogP contribution in [-0.4, -0.2) is 15.7 Å². The van der Waals surface area contributed by atoms with Gasteiger partial charge in [0.05, 0.1) is 5.02 Å². The molecule has 0 bridgehead atoms. The predicted octanol–water partition coefficient (Wildman–Crippen LogP) is 3.54. The number of amides is 1. The van der Waals surface area contributed by atoms with Crippen LogP contribution in [0.4, 0.5) is 5.82 Å². The number of halogens is 1. The zero-order chi connectivity index (χ0) is 13.4. The van der Waals surface area contributed by atoms with Gasteiger partial charge in [0, 0.05) is 29.4 Å². The van der Waals surface area contributed by atoms with Crippen molar-refractivity contribution in [2.24, 2.45) is 7.05 Å². The van der Waals surface area contributed by atoms with E-state index in [1.165, 1.54) is 11.3 Å². The minimum atomic E-state index is -0.232. The van der Waals surface area contributed by atoms with Crippen molar-refractivity contribution in [1.29, 1.82) is 0 Å². The topological polar surface area (TPSA) is 46.9 Å². The van der Waals surface area contributed by atoms with E-state index in [1.54, 1.807) is 24.0 Å². The fraction of sp³-hybridized carbons (Fsp3) is 0.0769. The Labute approximate surface area is 118 Å². The smallest absolute Gasteiger partial charge is 0.268 e. The van der Waals surface area contributed by atoms with Crippen LogP contribution in [0.25, 0.3) is 10.1 Å². The van der Waals surface area contributed by atoms with E-state index in [-0.39, 0.29) is 5.91 Å². The van der Waals surface area contributed by atoms with E-state index in [4.69, 9.17) is 11.6 Å². The highest BCUT2D eigenvalue weighted by Crippen LogP contribution is 2.35. The molecule has 0 spiro atoms. The largest absolute Gasteiger partial charge is 0.304 e. The Morgan fingerprint density at radius 3 is 2.84 bits per heavy atom. The van der Waals surface area contributed by atoms with E-state index in [1.807, 2.05) is 24.3 Å².